The van der Waals surface area contributed by atoms with Gasteiger partial charge in [-0.3, -0.25) is 19.3 Å². The summed E-state index contributed by atoms with van der Waals surface area (Å²) in [5, 5.41) is 2.84. The molecule has 1 fully saturated rings. The third kappa shape index (κ3) is 4.55. The molecule has 6 nitrogen and oxygen atoms in total. The van der Waals surface area contributed by atoms with E-state index < -0.39 is 11.8 Å². The Kier molecular flexibility index (Phi) is 6.61. The van der Waals surface area contributed by atoms with E-state index >= 15 is 0 Å². The Hall–Kier alpha value is -3.12. The van der Waals surface area contributed by atoms with Gasteiger partial charge in [0.1, 0.15) is 10.7 Å². The lowest BCUT2D eigenvalue weighted by Crippen LogP contribution is -2.42. The van der Waals surface area contributed by atoms with E-state index in [-0.39, 0.29) is 29.2 Å². The van der Waals surface area contributed by atoms with Gasteiger partial charge in [-0.25, -0.2) is 0 Å². The summed E-state index contributed by atoms with van der Waals surface area (Å²) in [7, 11) is 0. The quantitative estimate of drug-likeness (QED) is 0.669. The van der Waals surface area contributed by atoms with Crippen LogP contribution in [0.25, 0.3) is 0 Å². The van der Waals surface area contributed by atoms with Crippen molar-refractivity contribution in [3.05, 3.63) is 76.5 Å². The highest BCUT2D eigenvalue weighted by Gasteiger charge is 2.37. The predicted molar refractivity (Wildman–Crippen MR) is 124 cm³/mol. The second-order valence-corrected chi connectivity index (χ2v) is 8.61. The average molecular weight is 452 g/mol. The second kappa shape index (κ2) is 9.57. The van der Waals surface area contributed by atoms with Crippen molar-refractivity contribution in [3.63, 3.8) is 0 Å². The van der Waals surface area contributed by atoms with Gasteiger partial charge in [0.25, 0.3) is 17.7 Å². The largest absolute Gasteiger partial charge is 0.350 e. The number of hydrogen-bond donors (Lipinski definition) is 1. The van der Waals surface area contributed by atoms with E-state index in [1.54, 1.807) is 24.3 Å². The molecule has 2 aliphatic rings. The van der Waals surface area contributed by atoms with Crippen molar-refractivity contribution >= 4 is 35.0 Å². The highest BCUT2D eigenvalue weighted by atomic mass is 35.5. The number of piperidine rings is 1. The molecule has 32 heavy (non-hydrogen) atoms. The molecule has 1 N–H and O–H groups in total. The Morgan fingerprint density at radius 2 is 1.84 bits per heavy atom. The van der Waals surface area contributed by atoms with Gasteiger partial charge in [-0.15, -0.1) is 0 Å². The number of amides is 3. The van der Waals surface area contributed by atoms with Crippen molar-refractivity contribution < 1.29 is 14.4 Å². The van der Waals surface area contributed by atoms with Crippen molar-refractivity contribution in [2.75, 3.05) is 18.4 Å². The van der Waals surface area contributed by atoms with Crippen LogP contribution in [0.5, 0.6) is 0 Å². The third-order valence-electron chi connectivity index (χ3n) is 6.02. The Bertz CT molecular complexity index is 1070. The average Bonchev–Trinajstić information content (AvgIpc) is 3.01. The standard InChI is InChI=1S/C25H26ClN3O3/c1-17-8-5-6-14-28(17)23(30)19-11-7-12-20(16-19)27-22-21(26)24(31)29(25(22)32)15-13-18-9-3-2-4-10-18/h2-4,7,9-12,16-17,27H,5-6,8,13-15H2,1H3/t17-/m0/s1. The predicted octanol–water partition coefficient (Wildman–Crippen LogP) is 4.18. The molecule has 0 spiro atoms. The van der Waals surface area contributed by atoms with Crippen LogP contribution < -0.4 is 5.32 Å². The molecule has 3 amide bonds. The topological polar surface area (TPSA) is 69.7 Å². The number of rotatable bonds is 6. The monoisotopic (exact) mass is 451 g/mol. The van der Waals surface area contributed by atoms with Crippen molar-refractivity contribution in [3.8, 4) is 0 Å². The molecule has 2 heterocycles. The zero-order valence-corrected chi connectivity index (χ0v) is 18.8. The van der Waals surface area contributed by atoms with E-state index in [0.29, 0.717) is 17.7 Å². The maximum Gasteiger partial charge on any atom is 0.278 e. The molecule has 0 radical (unpaired) electrons. The number of imide groups is 1. The highest BCUT2D eigenvalue weighted by Crippen LogP contribution is 2.27. The second-order valence-electron chi connectivity index (χ2n) is 8.24. The molecular formula is C25H26ClN3O3. The number of nitrogens with zero attached hydrogens (tertiary/aromatic N) is 2. The van der Waals surface area contributed by atoms with Gasteiger partial charge < -0.3 is 10.2 Å². The summed E-state index contributed by atoms with van der Waals surface area (Å²) < 4.78 is 0. The van der Waals surface area contributed by atoms with Crippen LogP contribution in [-0.2, 0) is 16.0 Å². The fourth-order valence-electron chi connectivity index (χ4n) is 4.18. The summed E-state index contributed by atoms with van der Waals surface area (Å²) in [6.45, 7) is 3.06. The first-order chi connectivity index (χ1) is 15.5. The number of anilines is 1. The lowest BCUT2D eigenvalue weighted by molar-refractivity contribution is -0.137. The smallest absolute Gasteiger partial charge is 0.278 e. The fourth-order valence-corrected chi connectivity index (χ4v) is 4.41. The van der Waals surface area contributed by atoms with Crippen LogP contribution in [0.4, 0.5) is 5.69 Å². The van der Waals surface area contributed by atoms with Gasteiger partial charge in [-0.1, -0.05) is 48.0 Å². The van der Waals surface area contributed by atoms with Crippen LogP contribution >= 0.6 is 11.6 Å². The molecule has 0 unspecified atom stereocenters. The highest BCUT2D eigenvalue weighted by molar-refractivity contribution is 6.48. The van der Waals surface area contributed by atoms with Crippen LogP contribution in [0.3, 0.4) is 0 Å². The normalized spacial score (nSPS) is 19.0. The molecule has 0 aliphatic carbocycles. The van der Waals surface area contributed by atoms with E-state index in [0.717, 1.165) is 36.3 Å². The Morgan fingerprint density at radius 1 is 1.06 bits per heavy atom. The molecule has 7 heteroatoms. The number of halogens is 1. The van der Waals surface area contributed by atoms with Crippen LogP contribution in [0.1, 0.15) is 42.1 Å². The van der Waals surface area contributed by atoms with Crippen molar-refractivity contribution in [1.29, 1.82) is 0 Å². The fraction of sp³-hybridized carbons (Fsp3) is 0.320. The lowest BCUT2D eigenvalue weighted by Gasteiger charge is -2.33. The van der Waals surface area contributed by atoms with Crippen LogP contribution in [-0.4, -0.2) is 46.7 Å². The molecule has 0 bridgehead atoms. The summed E-state index contributed by atoms with van der Waals surface area (Å²) in [4.78, 5) is 41.5. The van der Waals surface area contributed by atoms with Crippen molar-refractivity contribution in [2.24, 2.45) is 0 Å². The Balaban J connectivity index is 1.46. The molecule has 166 valence electrons. The van der Waals surface area contributed by atoms with Gasteiger partial charge in [0.05, 0.1) is 0 Å². The molecular weight excluding hydrogens is 426 g/mol. The van der Waals surface area contributed by atoms with E-state index in [1.165, 1.54) is 0 Å². The third-order valence-corrected chi connectivity index (χ3v) is 6.37. The van der Waals surface area contributed by atoms with E-state index in [1.807, 2.05) is 35.2 Å². The minimum absolute atomic E-state index is 0.0285. The van der Waals surface area contributed by atoms with Crippen LogP contribution in [0.15, 0.2) is 65.3 Å². The lowest BCUT2D eigenvalue weighted by atomic mass is 10.0. The SMILES string of the molecule is C[C@H]1CCCCN1C(=O)c1cccc(NC2=C(Cl)C(=O)N(CCc3ccccc3)C2=O)c1. The van der Waals surface area contributed by atoms with E-state index in [4.69, 9.17) is 11.6 Å². The molecule has 1 saturated heterocycles. The van der Waals surface area contributed by atoms with Crippen LogP contribution in [0.2, 0.25) is 0 Å². The molecule has 2 aromatic rings. The van der Waals surface area contributed by atoms with Gasteiger partial charge in [0.2, 0.25) is 0 Å². The van der Waals surface area contributed by atoms with Gasteiger partial charge in [-0.2, -0.15) is 0 Å². The number of likely N-dealkylation sites (tertiary alicyclic amines) is 1. The first-order valence-electron chi connectivity index (χ1n) is 10.9. The van der Waals surface area contributed by atoms with E-state index in [2.05, 4.69) is 12.2 Å². The van der Waals surface area contributed by atoms with Crippen molar-refractivity contribution in [1.82, 2.24) is 9.80 Å². The van der Waals surface area contributed by atoms with Crippen molar-refractivity contribution in [2.45, 2.75) is 38.6 Å². The summed E-state index contributed by atoms with van der Waals surface area (Å²) in [6.07, 6.45) is 3.69. The van der Waals surface area contributed by atoms with Crippen LogP contribution in [0, 0.1) is 0 Å². The zero-order valence-electron chi connectivity index (χ0n) is 18.0. The van der Waals surface area contributed by atoms with Gasteiger partial charge >= 0.3 is 0 Å². The number of benzene rings is 2. The van der Waals surface area contributed by atoms with Gasteiger partial charge in [-0.05, 0) is 56.4 Å². The first-order valence-corrected chi connectivity index (χ1v) is 11.3. The molecule has 2 aliphatic heterocycles. The van der Waals surface area contributed by atoms with Gasteiger partial charge in [0.15, 0.2) is 0 Å². The number of carbonyl (C=O) groups excluding carboxylic acids is 3. The first kappa shape index (κ1) is 22.1. The molecule has 4 rings (SSSR count). The number of nitrogens with one attached hydrogen (secondary N) is 1. The van der Waals surface area contributed by atoms with Gasteiger partial charge in [0, 0.05) is 30.4 Å². The summed E-state index contributed by atoms with van der Waals surface area (Å²) in [6, 6.07) is 16.8. The summed E-state index contributed by atoms with van der Waals surface area (Å²) in [5.41, 5.74) is 2.15. The summed E-state index contributed by atoms with van der Waals surface area (Å²) >= 11 is 6.22. The molecule has 0 saturated carbocycles. The zero-order chi connectivity index (χ0) is 22.7. The maximum atomic E-state index is 13.0. The number of carbonyl (C=O) groups is 3. The number of hydrogen-bond acceptors (Lipinski definition) is 4. The maximum absolute atomic E-state index is 13.0. The molecule has 2 aromatic carbocycles. The molecule has 1 atom stereocenters. The minimum Gasteiger partial charge on any atom is -0.350 e. The minimum atomic E-state index is -0.510. The van der Waals surface area contributed by atoms with E-state index in [9.17, 15) is 14.4 Å². The Morgan fingerprint density at radius 3 is 2.59 bits per heavy atom. The summed E-state index contributed by atoms with van der Waals surface area (Å²) in [5.74, 6) is -0.999. The molecule has 0 aromatic heterocycles. The Labute approximate surface area is 192 Å².